The van der Waals surface area contributed by atoms with Crippen molar-refractivity contribution >= 4 is 6.29 Å². The smallest absolute Gasteiger partial charge is 0.246 e. The molecule has 0 aromatic rings. The minimum atomic E-state index is -0.311. The maximum absolute atomic E-state index is 11.0. The number of nitrogens with zero attached hydrogens (tertiary/aromatic N) is 1. The van der Waals surface area contributed by atoms with Gasteiger partial charge in [-0.3, -0.25) is 14.9 Å². The summed E-state index contributed by atoms with van der Waals surface area (Å²) in [7, 11) is 0. The molecule has 0 saturated carbocycles. The van der Waals surface area contributed by atoms with Crippen LogP contribution in [0.2, 0.25) is 0 Å². The van der Waals surface area contributed by atoms with Gasteiger partial charge in [0.25, 0.3) is 0 Å². The van der Waals surface area contributed by atoms with Crippen molar-refractivity contribution in [3.05, 3.63) is 82.6 Å². The third-order valence-corrected chi connectivity index (χ3v) is 3.35. The first-order chi connectivity index (χ1) is 12.7. The van der Waals surface area contributed by atoms with E-state index in [1.54, 1.807) is 6.08 Å². The Kier molecular flexibility index (Phi) is 17.0. The van der Waals surface area contributed by atoms with E-state index in [2.05, 4.69) is 31.2 Å². The molecule has 0 N–H and O–H groups in total. The number of allylic oxidation sites excluding steroid dienone is 11. The Bertz CT molecular complexity index is 552. The summed E-state index contributed by atoms with van der Waals surface area (Å²) in [6.45, 7) is 2.07. The molecule has 141 valence electrons. The van der Waals surface area contributed by atoms with Crippen LogP contribution in [0.25, 0.3) is 0 Å². The van der Waals surface area contributed by atoms with Crippen LogP contribution in [-0.4, -0.2) is 11.2 Å². The quantitative estimate of drug-likeness (QED) is 0.152. The van der Waals surface area contributed by atoms with Crippen LogP contribution in [0.4, 0.5) is 0 Å². The summed E-state index contributed by atoms with van der Waals surface area (Å²) in [6.07, 6.45) is 29.1. The van der Waals surface area contributed by atoms with Crippen molar-refractivity contribution in [2.24, 2.45) is 0 Å². The van der Waals surface area contributed by atoms with Gasteiger partial charge in [0.15, 0.2) is 6.29 Å². The Morgan fingerprint density at radius 2 is 1.38 bits per heavy atom. The predicted molar refractivity (Wildman–Crippen MR) is 109 cm³/mol. The molecule has 0 heterocycles. The van der Waals surface area contributed by atoms with Crippen molar-refractivity contribution in [1.82, 2.24) is 0 Å². The molecule has 26 heavy (non-hydrogen) atoms. The molecule has 0 fully saturated rings. The summed E-state index contributed by atoms with van der Waals surface area (Å²) < 4.78 is 0. The molecule has 0 aliphatic carbocycles. The van der Waals surface area contributed by atoms with Crippen molar-refractivity contribution in [1.29, 1.82) is 0 Å². The van der Waals surface area contributed by atoms with E-state index in [1.807, 2.05) is 42.7 Å². The van der Waals surface area contributed by atoms with E-state index < -0.39 is 0 Å². The van der Waals surface area contributed by atoms with Gasteiger partial charge in [-0.05, 0) is 44.6 Å². The van der Waals surface area contributed by atoms with Crippen LogP contribution in [0.3, 0.4) is 0 Å². The molecule has 0 aliphatic rings. The highest BCUT2D eigenvalue weighted by Crippen LogP contribution is 2.06. The summed E-state index contributed by atoms with van der Waals surface area (Å²) in [6, 6.07) is 0. The van der Waals surface area contributed by atoms with Gasteiger partial charge in [0.1, 0.15) is 0 Å². The van der Waals surface area contributed by atoms with Crippen molar-refractivity contribution < 1.29 is 9.72 Å². The van der Waals surface area contributed by atoms with Crippen LogP contribution < -0.4 is 0 Å². The van der Waals surface area contributed by atoms with E-state index in [4.69, 9.17) is 0 Å². The maximum atomic E-state index is 11.0. The Hall–Kier alpha value is -2.49. The normalized spacial score (nSPS) is 13.2. The second kappa shape index (κ2) is 18.8. The summed E-state index contributed by atoms with van der Waals surface area (Å²) in [5, 5.41) is 11.0. The Morgan fingerprint density at radius 3 is 1.96 bits per heavy atom. The summed E-state index contributed by atoms with van der Waals surface area (Å²) in [5.74, 6) is 0. The molecule has 0 aromatic carbocycles. The molecule has 0 unspecified atom stereocenters. The lowest BCUT2D eigenvalue weighted by atomic mass is 10.2. The van der Waals surface area contributed by atoms with E-state index in [0.29, 0.717) is 19.3 Å². The highest BCUT2D eigenvalue weighted by molar-refractivity contribution is 5.50. The van der Waals surface area contributed by atoms with Gasteiger partial charge in [-0.25, -0.2) is 0 Å². The number of rotatable bonds is 15. The van der Waals surface area contributed by atoms with Crippen LogP contribution in [0.1, 0.15) is 58.3 Å². The molecule has 0 aromatic heterocycles. The molecular weight excluding hydrogens is 326 g/mol. The zero-order valence-electron chi connectivity index (χ0n) is 15.7. The lowest BCUT2D eigenvalue weighted by Crippen LogP contribution is -1.97. The van der Waals surface area contributed by atoms with Crippen LogP contribution in [0, 0.1) is 10.1 Å². The first-order valence-corrected chi connectivity index (χ1v) is 9.15. The molecule has 1 radical (unpaired) electrons. The minimum Gasteiger partial charge on any atom is -0.291 e. The molecule has 0 atom stereocenters. The van der Waals surface area contributed by atoms with E-state index in [9.17, 15) is 14.9 Å². The van der Waals surface area contributed by atoms with Gasteiger partial charge in [0.2, 0.25) is 5.70 Å². The second-order valence-corrected chi connectivity index (χ2v) is 5.55. The van der Waals surface area contributed by atoms with Crippen molar-refractivity contribution in [3.8, 4) is 0 Å². The van der Waals surface area contributed by atoms with Gasteiger partial charge in [0, 0.05) is 6.42 Å². The molecule has 0 aliphatic heterocycles. The van der Waals surface area contributed by atoms with Gasteiger partial charge in [-0.1, -0.05) is 67.7 Å². The third kappa shape index (κ3) is 16.4. The molecule has 0 saturated heterocycles. The molecule has 0 amide bonds. The van der Waals surface area contributed by atoms with Crippen molar-refractivity contribution in [3.63, 3.8) is 0 Å². The van der Waals surface area contributed by atoms with Crippen LogP contribution >= 0.6 is 0 Å². The second-order valence-electron chi connectivity index (χ2n) is 5.55. The van der Waals surface area contributed by atoms with Crippen molar-refractivity contribution in [2.45, 2.75) is 58.3 Å². The summed E-state index contributed by atoms with van der Waals surface area (Å²) >= 11 is 0. The largest absolute Gasteiger partial charge is 0.291 e. The van der Waals surface area contributed by atoms with Gasteiger partial charge in [0.05, 0.1) is 11.3 Å². The molecular formula is C22H30NO3. The van der Waals surface area contributed by atoms with Gasteiger partial charge < -0.3 is 0 Å². The lowest BCUT2D eigenvalue weighted by molar-refractivity contribution is -0.427. The zero-order chi connectivity index (χ0) is 19.3. The summed E-state index contributed by atoms with van der Waals surface area (Å²) in [4.78, 5) is 20.7. The third-order valence-electron chi connectivity index (χ3n) is 3.35. The molecule has 0 spiro atoms. The first-order valence-electron chi connectivity index (χ1n) is 9.15. The number of hydrogen-bond acceptors (Lipinski definition) is 3. The monoisotopic (exact) mass is 356 g/mol. The molecule has 0 rings (SSSR count). The van der Waals surface area contributed by atoms with Gasteiger partial charge >= 0.3 is 0 Å². The average Bonchev–Trinajstić information content (AvgIpc) is 2.63. The Labute approximate surface area is 157 Å². The van der Waals surface area contributed by atoms with E-state index in [1.165, 1.54) is 0 Å². The minimum absolute atomic E-state index is 0.235. The maximum Gasteiger partial charge on any atom is 0.246 e. The fourth-order valence-electron chi connectivity index (χ4n) is 1.98. The van der Waals surface area contributed by atoms with Crippen LogP contribution in [-0.2, 0) is 4.79 Å². The number of carbonyl (C=O) groups excluding carboxylic acids is 1. The fourth-order valence-corrected chi connectivity index (χ4v) is 1.98. The van der Waals surface area contributed by atoms with E-state index in [-0.39, 0.29) is 10.6 Å². The topological polar surface area (TPSA) is 60.2 Å². The average molecular weight is 356 g/mol. The fraction of sp³-hybridized carbons (Fsp3) is 0.409. The zero-order valence-corrected chi connectivity index (χ0v) is 15.7. The number of nitro groups is 1. The van der Waals surface area contributed by atoms with Crippen LogP contribution in [0.5, 0.6) is 0 Å². The molecule has 0 bridgehead atoms. The molecule has 4 nitrogen and oxygen atoms in total. The highest BCUT2D eigenvalue weighted by atomic mass is 16.6. The SMILES string of the molecule is CC/C=C/C/C=C/C/C(=C/C/C=C/C/C=C/C/C=C/CC[C]=O)[N+](=O)[O-]. The lowest BCUT2D eigenvalue weighted by Gasteiger charge is -1.93. The van der Waals surface area contributed by atoms with Gasteiger partial charge in [-0.2, -0.15) is 0 Å². The predicted octanol–water partition coefficient (Wildman–Crippen LogP) is 6.18. The Balaban J connectivity index is 4.05. The number of unbranched alkanes of at least 4 members (excludes halogenated alkanes) is 1. The van der Waals surface area contributed by atoms with Gasteiger partial charge in [-0.15, -0.1) is 0 Å². The standard InChI is InChI=1S/C22H30NO3/c1-2-3-4-5-13-16-19-22(23(25)26)20-17-14-11-9-7-6-8-10-12-15-18-21-24/h3-4,6-7,10-14,16,20H,2,5,8-9,15,17-19H2,1H3/b4-3+,7-6+,12-10+,14-11+,16-13+,22-20-. The molecule has 4 heteroatoms. The van der Waals surface area contributed by atoms with Crippen molar-refractivity contribution in [2.75, 3.05) is 0 Å². The van der Waals surface area contributed by atoms with E-state index in [0.717, 1.165) is 32.1 Å². The Morgan fingerprint density at radius 1 is 0.846 bits per heavy atom. The van der Waals surface area contributed by atoms with E-state index >= 15 is 0 Å². The highest BCUT2D eigenvalue weighted by Gasteiger charge is 2.06. The summed E-state index contributed by atoms with van der Waals surface area (Å²) in [5.41, 5.74) is 0.235. The number of hydrogen-bond donors (Lipinski definition) is 0. The van der Waals surface area contributed by atoms with Crippen LogP contribution in [0.15, 0.2) is 72.5 Å². The first kappa shape index (κ1) is 23.5.